The largest absolute Gasteiger partial charge is 0.496 e. The Balaban J connectivity index is 2.84. The monoisotopic (exact) mass is 368 g/mol. The third-order valence-corrected chi connectivity index (χ3v) is 3.48. The average molecular weight is 369 g/mol. The molecule has 0 unspecified atom stereocenters. The highest BCUT2D eigenvalue weighted by Gasteiger charge is 2.16. The van der Waals surface area contributed by atoms with Gasteiger partial charge in [0.05, 0.1) is 20.2 Å². The Kier molecular flexibility index (Phi) is 8.03. The minimum atomic E-state index is -0.260. The van der Waals surface area contributed by atoms with Crippen LogP contribution in [-0.2, 0) is 11.3 Å². The standard InChI is InChI=1S/C18H29ClN4O2/c1-7-20-17(23(5)12-16(24)22-18(2,3)4)21-11-13-8-9-14(19)10-15(13)25-6/h8-10H,7,11-12H2,1-6H3,(H,20,21)(H,22,24). The van der Waals surface area contributed by atoms with Gasteiger partial charge in [-0.25, -0.2) is 4.99 Å². The minimum absolute atomic E-state index is 0.0512. The molecule has 1 rings (SSSR count). The number of nitrogens with one attached hydrogen (secondary N) is 2. The van der Waals surface area contributed by atoms with Crippen LogP contribution in [0, 0.1) is 0 Å². The molecule has 0 bridgehead atoms. The molecule has 0 aliphatic heterocycles. The molecule has 6 nitrogen and oxygen atoms in total. The van der Waals surface area contributed by atoms with Crippen molar-refractivity contribution in [3.63, 3.8) is 0 Å². The van der Waals surface area contributed by atoms with Crippen molar-refractivity contribution in [2.45, 2.75) is 39.8 Å². The van der Waals surface area contributed by atoms with Crippen LogP contribution in [0.4, 0.5) is 0 Å². The molecule has 1 amide bonds. The summed E-state index contributed by atoms with van der Waals surface area (Å²) in [4.78, 5) is 18.5. The van der Waals surface area contributed by atoms with Crippen molar-refractivity contribution in [2.75, 3.05) is 27.2 Å². The van der Waals surface area contributed by atoms with Gasteiger partial charge < -0.3 is 20.3 Å². The van der Waals surface area contributed by atoms with Gasteiger partial charge in [-0.2, -0.15) is 0 Å². The van der Waals surface area contributed by atoms with Gasteiger partial charge in [0.25, 0.3) is 0 Å². The van der Waals surface area contributed by atoms with Gasteiger partial charge in [0.15, 0.2) is 5.96 Å². The number of hydrogen-bond acceptors (Lipinski definition) is 3. The summed E-state index contributed by atoms with van der Waals surface area (Å²) in [6.07, 6.45) is 0. The molecule has 1 aromatic rings. The number of halogens is 1. The zero-order valence-electron chi connectivity index (χ0n) is 15.9. The van der Waals surface area contributed by atoms with E-state index in [4.69, 9.17) is 16.3 Å². The van der Waals surface area contributed by atoms with E-state index in [1.165, 1.54) is 0 Å². The van der Waals surface area contributed by atoms with Crippen molar-refractivity contribution in [1.82, 2.24) is 15.5 Å². The fourth-order valence-electron chi connectivity index (χ4n) is 2.23. The highest BCUT2D eigenvalue weighted by molar-refractivity contribution is 6.30. The van der Waals surface area contributed by atoms with Crippen molar-refractivity contribution in [1.29, 1.82) is 0 Å². The van der Waals surface area contributed by atoms with Crippen molar-refractivity contribution < 1.29 is 9.53 Å². The SMILES string of the molecule is CCNC(=NCc1ccc(Cl)cc1OC)N(C)CC(=O)NC(C)(C)C. The number of methoxy groups -OCH3 is 1. The van der Waals surface area contributed by atoms with E-state index in [0.29, 0.717) is 29.8 Å². The van der Waals surface area contributed by atoms with Gasteiger partial charge in [0, 0.05) is 29.7 Å². The summed E-state index contributed by atoms with van der Waals surface area (Å²) in [5.41, 5.74) is 0.666. The Morgan fingerprint density at radius 3 is 2.60 bits per heavy atom. The van der Waals surface area contributed by atoms with Gasteiger partial charge in [0.2, 0.25) is 5.91 Å². The molecule has 0 aliphatic carbocycles. The lowest BCUT2D eigenvalue weighted by molar-refractivity contribution is -0.122. The number of guanidine groups is 1. The summed E-state index contributed by atoms with van der Waals surface area (Å²) in [5.74, 6) is 1.30. The van der Waals surface area contributed by atoms with Gasteiger partial charge >= 0.3 is 0 Å². The van der Waals surface area contributed by atoms with E-state index in [9.17, 15) is 4.79 Å². The lowest BCUT2D eigenvalue weighted by Crippen LogP contribution is -2.48. The lowest BCUT2D eigenvalue weighted by atomic mass is 10.1. The second kappa shape index (κ2) is 9.51. The lowest BCUT2D eigenvalue weighted by Gasteiger charge is -2.25. The Bertz CT molecular complexity index is 612. The van der Waals surface area contributed by atoms with E-state index >= 15 is 0 Å². The number of likely N-dealkylation sites (N-methyl/N-ethyl adjacent to an activating group) is 1. The summed E-state index contributed by atoms with van der Waals surface area (Å²) >= 11 is 5.99. The second-order valence-electron chi connectivity index (χ2n) is 6.78. The first-order valence-corrected chi connectivity index (χ1v) is 8.67. The third kappa shape index (κ3) is 7.65. The molecular weight excluding hydrogens is 340 g/mol. The molecule has 0 heterocycles. The summed E-state index contributed by atoms with van der Waals surface area (Å²) in [6, 6.07) is 5.46. The molecule has 0 spiro atoms. The number of rotatable bonds is 6. The Hall–Kier alpha value is -1.95. The number of aliphatic imine (C=N–C) groups is 1. The number of nitrogens with zero attached hydrogens (tertiary/aromatic N) is 2. The highest BCUT2D eigenvalue weighted by atomic mass is 35.5. The molecule has 0 radical (unpaired) electrons. The predicted octanol–water partition coefficient (Wildman–Crippen LogP) is 2.66. The van der Waals surface area contributed by atoms with Gasteiger partial charge in [-0.05, 0) is 39.8 Å². The summed E-state index contributed by atoms with van der Waals surface area (Å²) in [5, 5.41) is 6.76. The smallest absolute Gasteiger partial charge is 0.240 e. The molecule has 0 atom stereocenters. The van der Waals surface area contributed by atoms with E-state index in [1.54, 1.807) is 18.1 Å². The van der Waals surface area contributed by atoms with Crippen molar-refractivity contribution in [3.05, 3.63) is 28.8 Å². The minimum Gasteiger partial charge on any atom is -0.496 e. The van der Waals surface area contributed by atoms with Crippen LogP contribution >= 0.6 is 11.6 Å². The maximum absolute atomic E-state index is 12.1. The van der Waals surface area contributed by atoms with Crippen LogP contribution in [0.5, 0.6) is 5.75 Å². The quantitative estimate of drug-likeness (QED) is 0.598. The number of carbonyl (C=O) groups excluding carboxylic acids is 1. The highest BCUT2D eigenvalue weighted by Crippen LogP contribution is 2.23. The summed E-state index contributed by atoms with van der Waals surface area (Å²) in [7, 11) is 3.44. The number of hydrogen-bond donors (Lipinski definition) is 2. The van der Waals surface area contributed by atoms with Gasteiger partial charge in [0.1, 0.15) is 5.75 Å². The van der Waals surface area contributed by atoms with Crippen molar-refractivity contribution in [2.24, 2.45) is 4.99 Å². The van der Waals surface area contributed by atoms with Crippen LogP contribution in [0.1, 0.15) is 33.3 Å². The Morgan fingerprint density at radius 2 is 2.04 bits per heavy atom. The average Bonchev–Trinajstić information content (AvgIpc) is 2.50. The molecule has 0 saturated carbocycles. The topological polar surface area (TPSA) is 66.0 Å². The molecule has 0 aromatic heterocycles. The third-order valence-electron chi connectivity index (χ3n) is 3.24. The van der Waals surface area contributed by atoms with Crippen LogP contribution in [0.15, 0.2) is 23.2 Å². The molecule has 0 fully saturated rings. The van der Waals surface area contributed by atoms with Crippen molar-refractivity contribution in [3.8, 4) is 5.75 Å². The zero-order valence-corrected chi connectivity index (χ0v) is 16.7. The fourth-order valence-corrected chi connectivity index (χ4v) is 2.39. The fraction of sp³-hybridized carbons (Fsp3) is 0.556. The Labute approximate surface area is 155 Å². The maximum atomic E-state index is 12.1. The summed E-state index contributed by atoms with van der Waals surface area (Å²) in [6.45, 7) is 9.21. The number of carbonyl (C=O) groups is 1. The zero-order chi connectivity index (χ0) is 19.0. The molecule has 0 saturated heterocycles. The summed E-state index contributed by atoms with van der Waals surface area (Å²) < 4.78 is 5.35. The van der Waals surface area contributed by atoms with E-state index in [1.807, 2.05) is 46.9 Å². The molecule has 7 heteroatoms. The van der Waals surface area contributed by atoms with Gasteiger partial charge in [-0.3, -0.25) is 4.79 Å². The molecular formula is C18H29ClN4O2. The van der Waals surface area contributed by atoms with E-state index in [-0.39, 0.29) is 18.0 Å². The van der Waals surface area contributed by atoms with Crippen LogP contribution in [0.2, 0.25) is 5.02 Å². The first-order valence-electron chi connectivity index (χ1n) is 8.29. The Morgan fingerprint density at radius 1 is 1.36 bits per heavy atom. The van der Waals surface area contributed by atoms with Gasteiger partial charge in [-0.15, -0.1) is 0 Å². The van der Waals surface area contributed by atoms with E-state index < -0.39 is 0 Å². The predicted molar refractivity (Wildman–Crippen MR) is 103 cm³/mol. The van der Waals surface area contributed by atoms with Crippen LogP contribution in [-0.4, -0.2) is 49.6 Å². The van der Waals surface area contributed by atoms with Crippen LogP contribution < -0.4 is 15.4 Å². The second-order valence-corrected chi connectivity index (χ2v) is 7.22. The molecule has 1 aromatic carbocycles. The van der Waals surface area contributed by atoms with Crippen LogP contribution in [0.3, 0.4) is 0 Å². The van der Waals surface area contributed by atoms with Gasteiger partial charge in [-0.1, -0.05) is 17.7 Å². The number of benzene rings is 1. The maximum Gasteiger partial charge on any atom is 0.240 e. The first-order chi connectivity index (χ1) is 11.7. The number of amides is 1. The molecule has 140 valence electrons. The first kappa shape index (κ1) is 21.1. The van der Waals surface area contributed by atoms with E-state index in [2.05, 4.69) is 15.6 Å². The van der Waals surface area contributed by atoms with E-state index in [0.717, 1.165) is 5.56 Å². The number of ether oxygens (including phenoxy) is 1. The molecule has 2 N–H and O–H groups in total. The normalized spacial score (nSPS) is 11.9. The van der Waals surface area contributed by atoms with Crippen LogP contribution in [0.25, 0.3) is 0 Å². The molecule has 0 aliphatic rings. The van der Waals surface area contributed by atoms with Crippen molar-refractivity contribution >= 4 is 23.5 Å². The molecule has 25 heavy (non-hydrogen) atoms.